The number of hydrogen-bond donors (Lipinski definition) is 0. The summed E-state index contributed by atoms with van der Waals surface area (Å²) in [5.74, 6) is -7.08. The summed E-state index contributed by atoms with van der Waals surface area (Å²) in [5, 5.41) is 2.07. The van der Waals surface area contributed by atoms with E-state index in [2.05, 4.69) is 4.74 Å². The fourth-order valence-corrected chi connectivity index (χ4v) is 2.53. The van der Waals surface area contributed by atoms with Crippen molar-refractivity contribution < 1.29 is 32.2 Å². The molecule has 3 rings (SSSR count). The number of carbonyl (C=O) groups excluding carboxylic acids is 2. The minimum absolute atomic E-state index is 0.0382. The standard InChI is InChI=1S/C21H15F3O4/c22-16-7-8-17(21(24)20(16)23)28-19(26)10-9-18(25)27-12-13-5-6-14-3-1-2-4-15(14)11-13/h1-8,11H,9-10,12H2. The first kappa shape index (κ1) is 19.4. The van der Waals surface area contributed by atoms with Gasteiger partial charge in [-0.15, -0.1) is 0 Å². The maximum atomic E-state index is 13.5. The van der Waals surface area contributed by atoms with Crippen LogP contribution in [-0.2, 0) is 20.9 Å². The van der Waals surface area contributed by atoms with Crippen molar-refractivity contribution in [1.82, 2.24) is 0 Å². The Morgan fingerprint density at radius 2 is 1.50 bits per heavy atom. The molecule has 0 aliphatic heterocycles. The Labute approximate surface area is 158 Å². The van der Waals surface area contributed by atoms with Gasteiger partial charge in [-0.3, -0.25) is 9.59 Å². The Balaban J connectivity index is 1.48. The Hall–Kier alpha value is -3.35. The van der Waals surface area contributed by atoms with E-state index in [0.29, 0.717) is 6.07 Å². The first-order valence-corrected chi connectivity index (χ1v) is 8.41. The molecule has 0 N–H and O–H groups in total. The summed E-state index contributed by atoms with van der Waals surface area (Å²) in [7, 11) is 0. The van der Waals surface area contributed by atoms with Crippen LogP contribution < -0.4 is 4.74 Å². The van der Waals surface area contributed by atoms with E-state index in [1.54, 1.807) is 0 Å². The number of esters is 2. The number of carbonyl (C=O) groups is 2. The summed E-state index contributed by atoms with van der Waals surface area (Å²) < 4.78 is 49.1. The fraction of sp³-hybridized carbons (Fsp3) is 0.143. The number of halogens is 3. The van der Waals surface area contributed by atoms with Gasteiger partial charge in [0.1, 0.15) is 6.61 Å². The van der Waals surface area contributed by atoms with Crippen LogP contribution in [0.25, 0.3) is 10.8 Å². The average Bonchev–Trinajstić information content (AvgIpc) is 2.71. The van der Waals surface area contributed by atoms with Crippen molar-refractivity contribution in [2.45, 2.75) is 19.4 Å². The lowest BCUT2D eigenvalue weighted by atomic mass is 10.1. The third-order valence-corrected chi connectivity index (χ3v) is 3.97. The van der Waals surface area contributed by atoms with Gasteiger partial charge in [0.2, 0.25) is 5.82 Å². The zero-order valence-electron chi connectivity index (χ0n) is 14.6. The summed E-state index contributed by atoms with van der Waals surface area (Å²) >= 11 is 0. The lowest BCUT2D eigenvalue weighted by molar-refractivity contribution is -0.148. The van der Waals surface area contributed by atoms with Crippen LogP contribution >= 0.6 is 0 Å². The lowest BCUT2D eigenvalue weighted by Crippen LogP contribution is -2.13. The molecule has 0 radical (unpaired) electrons. The minimum atomic E-state index is -1.74. The Kier molecular flexibility index (Phi) is 5.93. The van der Waals surface area contributed by atoms with Gasteiger partial charge in [-0.1, -0.05) is 36.4 Å². The summed E-state index contributed by atoms with van der Waals surface area (Å²) in [4.78, 5) is 23.5. The fourth-order valence-electron chi connectivity index (χ4n) is 2.53. The molecule has 4 nitrogen and oxygen atoms in total. The molecular weight excluding hydrogens is 373 g/mol. The monoisotopic (exact) mass is 388 g/mol. The zero-order valence-corrected chi connectivity index (χ0v) is 14.6. The van der Waals surface area contributed by atoms with Crippen LogP contribution in [0.1, 0.15) is 18.4 Å². The molecule has 7 heteroatoms. The van der Waals surface area contributed by atoms with E-state index in [4.69, 9.17) is 4.74 Å². The van der Waals surface area contributed by atoms with Gasteiger partial charge in [-0.2, -0.15) is 4.39 Å². The second kappa shape index (κ2) is 8.56. The van der Waals surface area contributed by atoms with E-state index in [-0.39, 0.29) is 13.0 Å². The van der Waals surface area contributed by atoms with E-state index in [9.17, 15) is 22.8 Å². The smallest absolute Gasteiger partial charge is 0.311 e. The molecule has 0 amide bonds. The van der Waals surface area contributed by atoms with E-state index in [1.807, 2.05) is 42.5 Å². The van der Waals surface area contributed by atoms with Crippen LogP contribution in [0.15, 0.2) is 54.6 Å². The molecule has 0 heterocycles. The van der Waals surface area contributed by atoms with Crippen LogP contribution in [0.4, 0.5) is 13.2 Å². The largest absolute Gasteiger partial charge is 0.461 e. The number of hydrogen-bond acceptors (Lipinski definition) is 4. The maximum absolute atomic E-state index is 13.5. The average molecular weight is 388 g/mol. The molecule has 0 aromatic heterocycles. The molecule has 3 aromatic rings. The van der Waals surface area contributed by atoms with Crippen molar-refractivity contribution >= 4 is 22.7 Å². The van der Waals surface area contributed by atoms with E-state index >= 15 is 0 Å². The summed E-state index contributed by atoms with van der Waals surface area (Å²) in [6, 6.07) is 14.8. The summed E-state index contributed by atoms with van der Waals surface area (Å²) in [6.45, 7) is 0.0382. The topological polar surface area (TPSA) is 52.6 Å². The van der Waals surface area contributed by atoms with Crippen molar-refractivity contribution in [3.63, 3.8) is 0 Å². The molecule has 28 heavy (non-hydrogen) atoms. The third-order valence-electron chi connectivity index (χ3n) is 3.97. The second-order valence-corrected chi connectivity index (χ2v) is 5.99. The Morgan fingerprint density at radius 1 is 0.786 bits per heavy atom. The van der Waals surface area contributed by atoms with Crippen molar-refractivity contribution in [3.05, 3.63) is 77.6 Å². The Bertz CT molecular complexity index is 1030. The highest BCUT2D eigenvalue weighted by Gasteiger charge is 2.18. The molecule has 3 aromatic carbocycles. The van der Waals surface area contributed by atoms with Gasteiger partial charge in [0.05, 0.1) is 12.8 Å². The zero-order chi connectivity index (χ0) is 20.1. The van der Waals surface area contributed by atoms with Gasteiger partial charge >= 0.3 is 11.9 Å². The van der Waals surface area contributed by atoms with Crippen molar-refractivity contribution in [2.24, 2.45) is 0 Å². The molecule has 0 atom stereocenters. The van der Waals surface area contributed by atoms with Crippen molar-refractivity contribution in [3.8, 4) is 5.75 Å². The number of benzene rings is 3. The number of ether oxygens (including phenoxy) is 2. The van der Waals surface area contributed by atoms with Gasteiger partial charge in [0, 0.05) is 0 Å². The minimum Gasteiger partial charge on any atom is -0.461 e. The second-order valence-electron chi connectivity index (χ2n) is 5.99. The van der Waals surface area contributed by atoms with Gasteiger partial charge in [-0.05, 0) is 34.5 Å². The molecule has 0 aliphatic rings. The third kappa shape index (κ3) is 4.68. The van der Waals surface area contributed by atoms with Crippen LogP contribution in [0.2, 0.25) is 0 Å². The van der Waals surface area contributed by atoms with Crippen LogP contribution in [0, 0.1) is 17.5 Å². The summed E-state index contributed by atoms with van der Waals surface area (Å²) in [5.41, 5.74) is 0.790. The molecule has 0 bridgehead atoms. The molecule has 0 unspecified atom stereocenters. The molecule has 144 valence electrons. The van der Waals surface area contributed by atoms with Crippen molar-refractivity contribution in [1.29, 1.82) is 0 Å². The quantitative estimate of drug-likeness (QED) is 0.349. The maximum Gasteiger partial charge on any atom is 0.311 e. The molecule has 0 fully saturated rings. The predicted octanol–water partition coefficient (Wildman–Crippen LogP) is 4.69. The first-order chi connectivity index (χ1) is 13.4. The van der Waals surface area contributed by atoms with Gasteiger partial charge in [0.25, 0.3) is 0 Å². The highest BCUT2D eigenvalue weighted by Crippen LogP contribution is 2.22. The highest BCUT2D eigenvalue weighted by molar-refractivity contribution is 5.83. The lowest BCUT2D eigenvalue weighted by Gasteiger charge is -2.07. The number of rotatable bonds is 6. The van der Waals surface area contributed by atoms with Crippen LogP contribution in [0.3, 0.4) is 0 Å². The highest BCUT2D eigenvalue weighted by atomic mass is 19.2. The molecular formula is C21H15F3O4. The van der Waals surface area contributed by atoms with Crippen LogP contribution in [-0.4, -0.2) is 11.9 Å². The van der Waals surface area contributed by atoms with Crippen LogP contribution in [0.5, 0.6) is 5.75 Å². The molecule has 0 saturated heterocycles. The molecule has 0 aliphatic carbocycles. The van der Waals surface area contributed by atoms with E-state index < -0.39 is 41.6 Å². The van der Waals surface area contributed by atoms with Gasteiger partial charge in [0.15, 0.2) is 17.4 Å². The van der Waals surface area contributed by atoms with Gasteiger partial charge in [-0.25, -0.2) is 8.78 Å². The van der Waals surface area contributed by atoms with Crippen molar-refractivity contribution in [2.75, 3.05) is 0 Å². The van der Waals surface area contributed by atoms with Gasteiger partial charge < -0.3 is 9.47 Å². The predicted molar refractivity (Wildman–Crippen MR) is 94.9 cm³/mol. The van der Waals surface area contributed by atoms with E-state index in [1.165, 1.54) is 0 Å². The summed E-state index contributed by atoms with van der Waals surface area (Å²) in [6.07, 6.45) is -0.688. The number of fused-ring (bicyclic) bond motifs is 1. The first-order valence-electron chi connectivity index (χ1n) is 8.41. The normalized spacial score (nSPS) is 10.7. The SMILES string of the molecule is O=C(CCC(=O)Oc1ccc(F)c(F)c1F)OCc1ccc2ccccc2c1. The van der Waals surface area contributed by atoms with E-state index in [0.717, 1.165) is 22.4 Å². The molecule has 0 saturated carbocycles. The Morgan fingerprint density at radius 3 is 2.29 bits per heavy atom. The molecule has 0 spiro atoms.